The van der Waals surface area contributed by atoms with Gasteiger partial charge in [0.15, 0.2) is 0 Å². The van der Waals surface area contributed by atoms with Gasteiger partial charge in [-0.1, -0.05) is 54.1 Å². The number of benzene rings is 2. The minimum atomic E-state index is -0.234. The zero-order chi connectivity index (χ0) is 13.7. The Labute approximate surface area is 118 Å². The first-order valence-electron chi connectivity index (χ1n) is 6.05. The second-order valence-corrected chi connectivity index (χ2v) is 4.59. The maximum Gasteiger partial charge on any atom is 0.124 e. The van der Waals surface area contributed by atoms with Gasteiger partial charge >= 0.3 is 0 Å². The fourth-order valence-electron chi connectivity index (χ4n) is 1.79. The largest absolute Gasteiger partial charge is 0.488 e. The first-order valence-corrected chi connectivity index (χ1v) is 6.43. The fourth-order valence-corrected chi connectivity index (χ4v) is 1.98. The number of ether oxygens (including phenoxy) is 1. The molecular weight excluding hydrogens is 258 g/mol. The molecule has 0 aliphatic carbocycles. The Bertz CT molecular complexity index is 568. The van der Waals surface area contributed by atoms with Gasteiger partial charge in [-0.2, -0.15) is 0 Å². The van der Waals surface area contributed by atoms with Crippen molar-refractivity contribution < 1.29 is 4.74 Å². The van der Waals surface area contributed by atoms with Crippen LogP contribution in [0.15, 0.2) is 61.2 Å². The Hall–Kier alpha value is -1.77. The van der Waals surface area contributed by atoms with Gasteiger partial charge in [0, 0.05) is 16.1 Å². The highest BCUT2D eigenvalue weighted by atomic mass is 35.5. The van der Waals surface area contributed by atoms with E-state index in [1.165, 1.54) is 0 Å². The molecule has 0 aromatic heterocycles. The first-order chi connectivity index (χ1) is 9.22. The van der Waals surface area contributed by atoms with Gasteiger partial charge in [0.05, 0.1) is 6.04 Å². The van der Waals surface area contributed by atoms with Gasteiger partial charge in [-0.3, -0.25) is 0 Å². The third-order valence-corrected chi connectivity index (χ3v) is 3.24. The second-order valence-electron chi connectivity index (χ2n) is 4.18. The first kappa shape index (κ1) is 13.7. The molecule has 0 unspecified atom stereocenters. The average Bonchev–Trinajstić information content (AvgIpc) is 2.46. The van der Waals surface area contributed by atoms with Crippen LogP contribution in [0.3, 0.4) is 0 Å². The van der Waals surface area contributed by atoms with Gasteiger partial charge in [-0.15, -0.1) is 6.58 Å². The van der Waals surface area contributed by atoms with Crippen LogP contribution in [0.4, 0.5) is 0 Å². The highest BCUT2D eigenvalue weighted by molar-refractivity contribution is 6.31. The lowest BCUT2D eigenvalue weighted by Gasteiger charge is -2.14. The number of nitrogens with two attached hydrogens (primary N) is 1. The highest BCUT2D eigenvalue weighted by Gasteiger charge is 2.09. The van der Waals surface area contributed by atoms with E-state index in [1.54, 1.807) is 6.08 Å². The van der Waals surface area contributed by atoms with Crippen molar-refractivity contribution in [2.75, 3.05) is 0 Å². The molecule has 0 bridgehead atoms. The Morgan fingerprint density at radius 3 is 2.58 bits per heavy atom. The molecule has 2 rings (SSSR count). The quantitative estimate of drug-likeness (QED) is 0.832. The molecule has 0 aliphatic heterocycles. The maximum atomic E-state index is 6.10. The molecule has 0 spiro atoms. The van der Waals surface area contributed by atoms with E-state index in [0.29, 0.717) is 11.6 Å². The van der Waals surface area contributed by atoms with Gasteiger partial charge in [-0.05, 0) is 12.1 Å². The molecule has 0 aliphatic rings. The Kier molecular flexibility index (Phi) is 4.61. The van der Waals surface area contributed by atoms with E-state index in [-0.39, 0.29) is 6.04 Å². The van der Waals surface area contributed by atoms with Gasteiger partial charge < -0.3 is 10.5 Å². The monoisotopic (exact) mass is 273 g/mol. The summed E-state index contributed by atoms with van der Waals surface area (Å²) in [5, 5.41) is 0.702. The average molecular weight is 274 g/mol. The Balaban J connectivity index is 2.16. The summed E-state index contributed by atoms with van der Waals surface area (Å²) in [5.41, 5.74) is 7.84. The minimum Gasteiger partial charge on any atom is -0.488 e. The van der Waals surface area contributed by atoms with E-state index in [2.05, 4.69) is 6.58 Å². The summed E-state index contributed by atoms with van der Waals surface area (Å²) < 4.78 is 5.81. The molecule has 3 heteroatoms. The zero-order valence-electron chi connectivity index (χ0n) is 10.6. The van der Waals surface area contributed by atoms with Crippen LogP contribution in [-0.2, 0) is 6.61 Å². The maximum absolute atomic E-state index is 6.10. The minimum absolute atomic E-state index is 0.234. The molecule has 98 valence electrons. The van der Waals surface area contributed by atoms with E-state index in [0.717, 1.165) is 16.9 Å². The van der Waals surface area contributed by atoms with Crippen LogP contribution < -0.4 is 10.5 Å². The van der Waals surface area contributed by atoms with Crippen molar-refractivity contribution >= 4 is 11.6 Å². The summed E-state index contributed by atoms with van der Waals surface area (Å²) in [6, 6.07) is 15.1. The number of para-hydroxylation sites is 1. The van der Waals surface area contributed by atoms with Crippen molar-refractivity contribution in [2.45, 2.75) is 12.6 Å². The third-order valence-electron chi connectivity index (χ3n) is 2.87. The molecule has 0 fully saturated rings. The van der Waals surface area contributed by atoms with Crippen molar-refractivity contribution in [2.24, 2.45) is 5.73 Å². The molecule has 1 atom stereocenters. The summed E-state index contributed by atoms with van der Waals surface area (Å²) in [6.07, 6.45) is 1.69. The number of halogens is 1. The van der Waals surface area contributed by atoms with E-state index in [9.17, 15) is 0 Å². The molecule has 2 aromatic rings. The van der Waals surface area contributed by atoms with Crippen molar-refractivity contribution in [1.82, 2.24) is 0 Å². The van der Waals surface area contributed by atoms with Crippen LogP contribution in [0, 0.1) is 0 Å². The Morgan fingerprint density at radius 2 is 1.84 bits per heavy atom. The lowest BCUT2D eigenvalue weighted by atomic mass is 10.1. The third kappa shape index (κ3) is 3.37. The van der Waals surface area contributed by atoms with Gasteiger partial charge in [0.2, 0.25) is 0 Å². The Morgan fingerprint density at radius 1 is 1.16 bits per heavy atom. The molecule has 2 aromatic carbocycles. The summed E-state index contributed by atoms with van der Waals surface area (Å²) >= 11 is 6.10. The van der Waals surface area contributed by atoms with Crippen LogP contribution >= 0.6 is 11.6 Å². The summed E-state index contributed by atoms with van der Waals surface area (Å²) in [7, 11) is 0. The highest BCUT2D eigenvalue weighted by Crippen LogP contribution is 2.26. The zero-order valence-corrected chi connectivity index (χ0v) is 11.3. The van der Waals surface area contributed by atoms with Gasteiger partial charge in [-0.25, -0.2) is 0 Å². The van der Waals surface area contributed by atoms with Crippen LogP contribution in [0.1, 0.15) is 17.2 Å². The SMILES string of the molecule is C=C[C@@H](N)c1ccccc1OCc1ccccc1Cl. The molecule has 0 radical (unpaired) electrons. The molecule has 2 N–H and O–H groups in total. The van der Waals surface area contributed by atoms with Gasteiger partial charge in [0.25, 0.3) is 0 Å². The van der Waals surface area contributed by atoms with E-state index >= 15 is 0 Å². The number of hydrogen-bond acceptors (Lipinski definition) is 2. The van der Waals surface area contributed by atoms with Crippen molar-refractivity contribution in [3.05, 3.63) is 77.3 Å². The van der Waals surface area contributed by atoms with Crippen LogP contribution in [0.2, 0.25) is 5.02 Å². The van der Waals surface area contributed by atoms with E-state index < -0.39 is 0 Å². The van der Waals surface area contributed by atoms with Crippen LogP contribution in [0.25, 0.3) is 0 Å². The lowest BCUT2D eigenvalue weighted by molar-refractivity contribution is 0.302. The van der Waals surface area contributed by atoms with E-state index in [1.807, 2.05) is 48.5 Å². The van der Waals surface area contributed by atoms with Crippen LogP contribution in [-0.4, -0.2) is 0 Å². The molecule has 2 nitrogen and oxygen atoms in total. The predicted octanol–water partition coefficient (Wildman–Crippen LogP) is 4.10. The number of hydrogen-bond donors (Lipinski definition) is 1. The van der Waals surface area contributed by atoms with Crippen LogP contribution in [0.5, 0.6) is 5.75 Å². The van der Waals surface area contributed by atoms with Crippen molar-refractivity contribution in [1.29, 1.82) is 0 Å². The normalized spacial score (nSPS) is 11.9. The number of rotatable bonds is 5. The van der Waals surface area contributed by atoms with Crippen molar-refractivity contribution in [3.63, 3.8) is 0 Å². The molecular formula is C16H16ClNO. The van der Waals surface area contributed by atoms with Gasteiger partial charge in [0.1, 0.15) is 12.4 Å². The fraction of sp³-hybridized carbons (Fsp3) is 0.125. The standard InChI is InChI=1S/C16H16ClNO/c1-2-15(18)13-8-4-6-10-16(13)19-11-12-7-3-5-9-14(12)17/h2-10,15H,1,11,18H2/t15-/m1/s1. The molecule has 0 saturated heterocycles. The smallest absolute Gasteiger partial charge is 0.124 e. The summed E-state index contributed by atoms with van der Waals surface area (Å²) in [4.78, 5) is 0. The van der Waals surface area contributed by atoms with E-state index in [4.69, 9.17) is 22.1 Å². The summed E-state index contributed by atoms with van der Waals surface area (Å²) in [5.74, 6) is 0.759. The molecule has 0 heterocycles. The molecule has 19 heavy (non-hydrogen) atoms. The molecule has 0 saturated carbocycles. The topological polar surface area (TPSA) is 35.2 Å². The second kappa shape index (κ2) is 6.41. The lowest BCUT2D eigenvalue weighted by Crippen LogP contribution is -2.09. The summed E-state index contributed by atoms with van der Waals surface area (Å²) in [6.45, 7) is 4.13. The van der Waals surface area contributed by atoms with Crippen molar-refractivity contribution in [3.8, 4) is 5.75 Å². The molecule has 0 amide bonds. The predicted molar refractivity (Wildman–Crippen MR) is 79.4 cm³/mol.